The summed E-state index contributed by atoms with van der Waals surface area (Å²) < 4.78 is 16.9. The van der Waals surface area contributed by atoms with Crippen LogP contribution in [0.1, 0.15) is 284 Å². The summed E-state index contributed by atoms with van der Waals surface area (Å²) in [6.07, 6.45) is 83.7. The molecule has 0 radical (unpaired) electrons. The molecule has 0 spiro atoms. The van der Waals surface area contributed by atoms with Crippen LogP contribution in [-0.2, 0) is 28.6 Å². The maximum Gasteiger partial charge on any atom is 0.306 e. The zero-order valence-corrected chi connectivity index (χ0v) is 48.3. The van der Waals surface area contributed by atoms with Crippen molar-refractivity contribution in [3.63, 3.8) is 0 Å². The number of ether oxygens (including phenoxy) is 3. The Bertz CT molecular complexity index is 1510. The number of hydrogen-bond donors (Lipinski definition) is 0. The predicted octanol–water partition coefficient (Wildman–Crippen LogP) is 21.0. The van der Waals surface area contributed by atoms with Gasteiger partial charge in [-0.2, -0.15) is 0 Å². The first kappa shape index (κ1) is 70.1. The Morgan fingerprint density at radius 1 is 0.284 bits per heavy atom. The molecule has 1 atom stereocenters. The molecule has 0 rings (SSSR count). The normalized spacial score (nSPS) is 12.9. The predicted molar refractivity (Wildman–Crippen MR) is 320 cm³/mol. The van der Waals surface area contributed by atoms with E-state index >= 15 is 0 Å². The summed E-state index contributed by atoms with van der Waals surface area (Å²) in [4.78, 5) is 38.2. The lowest BCUT2D eigenvalue weighted by Gasteiger charge is -2.18. The van der Waals surface area contributed by atoms with Crippen LogP contribution in [0.4, 0.5) is 0 Å². The molecule has 6 nitrogen and oxygen atoms in total. The SMILES string of the molecule is CC/C=C\C/C=C\C/C=C\C/C=C\C/C=C\C/C=C\C/C=C\CCCCCC(=O)OCC(COC(=O)CCCCCCC/C=C\CCCCCC)OC(=O)CCCCCCCCC/C=C\CCCCCCCCC. The number of hydrogen-bond acceptors (Lipinski definition) is 6. The van der Waals surface area contributed by atoms with Gasteiger partial charge >= 0.3 is 17.9 Å². The summed E-state index contributed by atoms with van der Waals surface area (Å²) in [6, 6.07) is 0. The zero-order valence-electron chi connectivity index (χ0n) is 48.3. The molecule has 0 fully saturated rings. The Kier molecular flexibility index (Phi) is 58.3. The molecule has 0 amide bonds. The van der Waals surface area contributed by atoms with Gasteiger partial charge in [-0.1, -0.05) is 246 Å². The molecular formula is C68H114O6. The molecule has 0 saturated carbocycles. The van der Waals surface area contributed by atoms with Gasteiger partial charge in [0.15, 0.2) is 6.10 Å². The molecule has 0 aromatic carbocycles. The van der Waals surface area contributed by atoms with Gasteiger partial charge in [-0.15, -0.1) is 0 Å². The summed E-state index contributed by atoms with van der Waals surface area (Å²) in [6.45, 7) is 6.48. The molecule has 0 saturated heterocycles. The first-order chi connectivity index (χ1) is 36.5. The molecule has 0 aliphatic heterocycles. The summed E-state index contributed by atoms with van der Waals surface area (Å²) in [5.41, 5.74) is 0. The van der Waals surface area contributed by atoms with Gasteiger partial charge in [-0.3, -0.25) is 14.4 Å². The summed E-state index contributed by atoms with van der Waals surface area (Å²) >= 11 is 0. The van der Waals surface area contributed by atoms with Gasteiger partial charge in [-0.05, 0) is 128 Å². The second-order valence-corrected chi connectivity index (χ2v) is 20.2. The van der Waals surface area contributed by atoms with Crippen molar-refractivity contribution in [1.82, 2.24) is 0 Å². The topological polar surface area (TPSA) is 78.9 Å². The van der Waals surface area contributed by atoms with Crippen molar-refractivity contribution in [3.8, 4) is 0 Å². The molecular weight excluding hydrogens is 913 g/mol. The molecule has 0 heterocycles. The number of esters is 3. The Balaban J connectivity index is 4.43. The first-order valence-corrected chi connectivity index (χ1v) is 30.9. The molecule has 6 heteroatoms. The highest BCUT2D eigenvalue weighted by molar-refractivity contribution is 5.71. The van der Waals surface area contributed by atoms with Gasteiger partial charge in [0, 0.05) is 19.3 Å². The fraction of sp³-hybridized carbons (Fsp3) is 0.691. The van der Waals surface area contributed by atoms with Gasteiger partial charge in [-0.25, -0.2) is 0 Å². The van der Waals surface area contributed by atoms with Crippen molar-refractivity contribution in [2.75, 3.05) is 13.2 Å². The van der Waals surface area contributed by atoms with E-state index in [1.165, 1.54) is 128 Å². The fourth-order valence-electron chi connectivity index (χ4n) is 8.35. The van der Waals surface area contributed by atoms with E-state index in [0.717, 1.165) is 116 Å². The lowest BCUT2D eigenvalue weighted by atomic mass is 10.1. The van der Waals surface area contributed by atoms with Gasteiger partial charge in [0.2, 0.25) is 0 Å². The third kappa shape index (κ3) is 59.0. The van der Waals surface area contributed by atoms with Crippen LogP contribution in [0.15, 0.2) is 109 Å². The van der Waals surface area contributed by atoms with Crippen LogP contribution in [0, 0.1) is 0 Å². The lowest BCUT2D eigenvalue weighted by molar-refractivity contribution is -0.167. The summed E-state index contributed by atoms with van der Waals surface area (Å²) in [5, 5.41) is 0. The van der Waals surface area contributed by atoms with Crippen LogP contribution in [-0.4, -0.2) is 37.2 Å². The second kappa shape index (κ2) is 61.6. The molecule has 0 aliphatic rings. The maximum absolute atomic E-state index is 12.9. The van der Waals surface area contributed by atoms with E-state index in [1.54, 1.807) is 0 Å². The van der Waals surface area contributed by atoms with E-state index in [9.17, 15) is 14.4 Å². The van der Waals surface area contributed by atoms with Crippen molar-refractivity contribution >= 4 is 17.9 Å². The minimum Gasteiger partial charge on any atom is -0.462 e. The fourth-order valence-corrected chi connectivity index (χ4v) is 8.35. The van der Waals surface area contributed by atoms with Crippen LogP contribution in [0.5, 0.6) is 0 Å². The molecule has 1 unspecified atom stereocenters. The Labute approximate surface area is 457 Å². The van der Waals surface area contributed by atoms with Crippen LogP contribution in [0.2, 0.25) is 0 Å². The highest BCUT2D eigenvalue weighted by Crippen LogP contribution is 2.15. The van der Waals surface area contributed by atoms with Gasteiger partial charge in [0.25, 0.3) is 0 Å². The molecule has 0 N–H and O–H groups in total. The monoisotopic (exact) mass is 1030 g/mol. The van der Waals surface area contributed by atoms with E-state index in [0.29, 0.717) is 19.3 Å². The smallest absolute Gasteiger partial charge is 0.306 e. The molecule has 0 aromatic rings. The third-order valence-corrected chi connectivity index (χ3v) is 13.0. The van der Waals surface area contributed by atoms with Crippen molar-refractivity contribution in [1.29, 1.82) is 0 Å². The Morgan fingerprint density at radius 2 is 0.527 bits per heavy atom. The third-order valence-electron chi connectivity index (χ3n) is 13.0. The van der Waals surface area contributed by atoms with E-state index in [-0.39, 0.29) is 31.1 Å². The second-order valence-electron chi connectivity index (χ2n) is 20.2. The first-order valence-electron chi connectivity index (χ1n) is 30.9. The molecule has 0 aromatic heterocycles. The van der Waals surface area contributed by atoms with Crippen molar-refractivity contribution in [2.24, 2.45) is 0 Å². The number of carbonyl (C=O) groups excluding carboxylic acids is 3. The summed E-state index contributed by atoms with van der Waals surface area (Å²) in [5.74, 6) is -0.938. The highest BCUT2D eigenvalue weighted by Gasteiger charge is 2.19. The minimum atomic E-state index is -0.800. The minimum absolute atomic E-state index is 0.0954. The number of carbonyl (C=O) groups is 3. The highest BCUT2D eigenvalue weighted by atomic mass is 16.6. The van der Waals surface area contributed by atoms with Gasteiger partial charge in [0.05, 0.1) is 0 Å². The largest absolute Gasteiger partial charge is 0.462 e. The van der Waals surface area contributed by atoms with Crippen LogP contribution in [0.25, 0.3) is 0 Å². The Hall–Kier alpha value is -3.93. The van der Waals surface area contributed by atoms with Crippen LogP contribution >= 0.6 is 0 Å². The number of rotatable bonds is 55. The standard InChI is InChI=1S/C68H114O6/c1-4-7-10-13-16-19-22-25-27-29-31-32-33-34-35-36-37-39-40-43-46-49-52-55-58-61-67(70)73-64-65(63-72-66(69)60-57-54-51-48-45-42-24-21-18-15-12-9-6-3)74-68(71)62-59-56-53-50-47-44-41-38-30-28-26-23-20-17-14-11-8-5-2/h7,10,16,19,21,24-25,27-28,30-32,34-35,37,39,43,46,65H,4-6,8-9,11-15,17-18,20,22-23,26,29,33,36,38,40-42,44-45,47-64H2,1-3H3/b10-7-,19-16-,24-21-,27-25-,30-28-,32-31-,35-34-,39-37-,46-43-. The van der Waals surface area contributed by atoms with E-state index in [2.05, 4.69) is 130 Å². The quantitative estimate of drug-likeness (QED) is 0.0261. The zero-order chi connectivity index (χ0) is 53.6. The van der Waals surface area contributed by atoms with Crippen molar-refractivity contribution in [3.05, 3.63) is 109 Å². The van der Waals surface area contributed by atoms with E-state index < -0.39 is 6.10 Å². The molecule has 422 valence electrons. The van der Waals surface area contributed by atoms with Crippen molar-refractivity contribution in [2.45, 2.75) is 290 Å². The van der Waals surface area contributed by atoms with E-state index in [1.807, 2.05) is 0 Å². The number of allylic oxidation sites excluding steroid dienone is 18. The molecule has 0 bridgehead atoms. The van der Waals surface area contributed by atoms with Crippen molar-refractivity contribution < 1.29 is 28.6 Å². The Morgan fingerprint density at radius 3 is 0.865 bits per heavy atom. The van der Waals surface area contributed by atoms with Gasteiger partial charge < -0.3 is 14.2 Å². The van der Waals surface area contributed by atoms with Crippen LogP contribution in [0.3, 0.4) is 0 Å². The number of unbranched alkanes of at least 4 members (excludes halogenated alkanes) is 26. The maximum atomic E-state index is 12.9. The van der Waals surface area contributed by atoms with Gasteiger partial charge in [0.1, 0.15) is 13.2 Å². The average Bonchev–Trinajstić information content (AvgIpc) is 3.40. The average molecular weight is 1030 g/mol. The lowest BCUT2D eigenvalue weighted by Crippen LogP contribution is -2.30. The molecule has 0 aliphatic carbocycles. The summed E-state index contributed by atoms with van der Waals surface area (Å²) in [7, 11) is 0. The van der Waals surface area contributed by atoms with Crippen LogP contribution < -0.4 is 0 Å². The van der Waals surface area contributed by atoms with E-state index in [4.69, 9.17) is 14.2 Å². The molecule has 74 heavy (non-hydrogen) atoms.